The van der Waals surface area contributed by atoms with Crippen LogP contribution in [0.4, 0.5) is 0 Å². The number of halogens is 1. The minimum Gasteiger partial charge on any atom is -0.484 e. The Hall–Kier alpha value is -2.04. The molecule has 1 aliphatic heterocycles. The van der Waals surface area contributed by atoms with Gasteiger partial charge in [0.1, 0.15) is 5.75 Å². The second-order valence-corrected chi connectivity index (χ2v) is 7.41. The van der Waals surface area contributed by atoms with E-state index in [0.29, 0.717) is 18.9 Å². The molecule has 2 rings (SSSR count). The van der Waals surface area contributed by atoms with Crippen LogP contribution in [0.25, 0.3) is 0 Å². The lowest BCUT2D eigenvalue weighted by Crippen LogP contribution is -2.46. The zero-order valence-corrected chi connectivity index (χ0v) is 21.3. The van der Waals surface area contributed by atoms with Crippen LogP contribution in [0.15, 0.2) is 29.3 Å². The van der Waals surface area contributed by atoms with Crippen molar-refractivity contribution in [3.63, 3.8) is 0 Å². The maximum Gasteiger partial charge on any atom is 0.309 e. The summed E-state index contributed by atoms with van der Waals surface area (Å²) in [5, 5.41) is 3.34. The first-order chi connectivity index (χ1) is 14.4. The van der Waals surface area contributed by atoms with Crippen LogP contribution in [0, 0.1) is 5.92 Å². The number of nitrogens with one attached hydrogen (secondary N) is 1. The SMILES string of the molecule is CCNC(=NCc1cccc(OCC(=O)N(C)C)c1)N1CCC(C(=O)OCC)CC1.I. The molecule has 1 N–H and O–H groups in total. The summed E-state index contributed by atoms with van der Waals surface area (Å²) in [7, 11) is 3.41. The number of ether oxygens (including phenoxy) is 2. The maximum absolute atomic E-state index is 12.0. The van der Waals surface area contributed by atoms with Crippen molar-refractivity contribution in [2.75, 3.05) is 46.9 Å². The van der Waals surface area contributed by atoms with Crippen molar-refractivity contribution >= 4 is 41.8 Å². The van der Waals surface area contributed by atoms with Gasteiger partial charge in [-0.05, 0) is 44.4 Å². The smallest absolute Gasteiger partial charge is 0.309 e. The van der Waals surface area contributed by atoms with E-state index in [4.69, 9.17) is 14.5 Å². The highest BCUT2D eigenvalue weighted by molar-refractivity contribution is 14.0. The Labute approximate surface area is 202 Å². The third-order valence-corrected chi connectivity index (χ3v) is 4.92. The van der Waals surface area contributed by atoms with Crippen LogP contribution in [0.1, 0.15) is 32.3 Å². The van der Waals surface area contributed by atoms with Crippen molar-refractivity contribution in [1.29, 1.82) is 0 Å². The van der Waals surface area contributed by atoms with Gasteiger partial charge in [0, 0.05) is 33.7 Å². The number of carbonyl (C=O) groups is 2. The number of esters is 1. The van der Waals surface area contributed by atoms with Gasteiger partial charge < -0.3 is 24.6 Å². The van der Waals surface area contributed by atoms with Crippen LogP contribution in [0.5, 0.6) is 5.75 Å². The van der Waals surface area contributed by atoms with Gasteiger partial charge in [-0.1, -0.05) is 12.1 Å². The van der Waals surface area contributed by atoms with Gasteiger partial charge in [0.25, 0.3) is 5.91 Å². The Morgan fingerprint density at radius 2 is 1.94 bits per heavy atom. The number of nitrogens with zero attached hydrogens (tertiary/aromatic N) is 3. The molecule has 0 unspecified atom stereocenters. The molecule has 1 aromatic rings. The van der Waals surface area contributed by atoms with E-state index in [1.54, 1.807) is 14.1 Å². The second-order valence-electron chi connectivity index (χ2n) is 7.41. The fourth-order valence-electron chi connectivity index (χ4n) is 3.19. The Bertz CT molecular complexity index is 734. The largest absolute Gasteiger partial charge is 0.484 e. The number of likely N-dealkylation sites (tertiary alicyclic amines) is 1. The molecule has 0 spiro atoms. The number of aliphatic imine (C=N–C) groups is 1. The monoisotopic (exact) mass is 546 g/mol. The normalized spacial score (nSPS) is 14.5. The number of hydrogen-bond donors (Lipinski definition) is 1. The number of carbonyl (C=O) groups excluding carboxylic acids is 2. The number of benzene rings is 1. The number of rotatable bonds is 8. The molecule has 1 saturated heterocycles. The van der Waals surface area contributed by atoms with Gasteiger partial charge in [0.05, 0.1) is 19.1 Å². The van der Waals surface area contributed by atoms with Crippen LogP contribution in [-0.2, 0) is 20.9 Å². The molecule has 0 bridgehead atoms. The van der Waals surface area contributed by atoms with E-state index in [1.807, 2.05) is 38.1 Å². The molecule has 1 heterocycles. The van der Waals surface area contributed by atoms with Gasteiger partial charge in [-0.15, -0.1) is 24.0 Å². The highest BCUT2D eigenvalue weighted by Crippen LogP contribution is 2.19. The summed E-state index contributed by atoms with van der Waals surface area (Å²) >= 11 is 0. The van der Waals surface area contributed by atoms with Crippen LogP contribution in [0.3, 0.4) is 0 Å². The molecule has 9 heteroatoms. The summed E-state index contributed by atoms with van der Waals surface area (Å²) in [4.78, 5) is 32.1. The molecule has 1 amide bonds. The molecule has 1 aliphatic rings. The quantitative estimate of drug-likeness (QED) is 0.234. The molecule has 0 aromatic heterocycles. The molecule has 0 atom stereocenters. The first-order valence-electron chi connectivity index (χ1n) is 10.6. The van der Waals surface area contributed by atoms with Gasteiger partial charge in [0.2, 0.25) is 0 Å². The van der Waals surface area contributed by atoms with Gasteiger partial charge in [-0.2, -0.15) is 0 Å². The zero-order valence-electron chi connectivity index (χ0n) is 18.9. The maximum atomic E-state index is 12.0. The van der Waals surface area contributed by atoms with Crippen LogP contribution in [-0.4, -0.2) is 74.6 Å². The van der Waals surface area contributed by atoms with E-state index in [9.17, 15) is 9.59 Å². The summed E-state index contributed by atoms with van der Waals surface area (Å²) < 4.78 is 10.7. The first kappa shape index (κ1) is 27.0. The van der Waals surface area contributed by atoms with Gasteiger partial charge in [-0.25, -0.2) is 4.99 Å². The first-order valence-corrected chi connectivity index (χ1v) is 10.6. The topological polar surface area (TPSA) is 83.5 Å². The van der Waals surface area contributed by atoms with Crippen LogP contribution in [0.2, 0.25) is 0 Å². The van der Waals surface area contributed by atoms with E-state index in [2.05, 4.69) is 10.2 Å². The summed E-state index contributed by atoms with van der Waals surface area (Å²) in [6.45, 7) is 7.12. The average molecular weight is 546 g/mol. The Kier molecular flexibility index (Phi) is 12.3. The van der Waals surface area contributed by atoms with Gasteiger partial charge >= 0.3 is 5.97 Å². The zero-order chi connectivity index (χ0) is 21.9. The average Bonchev–Trinajstić information content (AvgIpc) is 2.75. The Balaban J connectivity index is 0.00000480. The minimum absolute atomic E-state index is 0. The van der Waals surface area contributed by atoms with Crippen LogP contribution < -0.4 is 10.1 Å². The predicted molar refractivity (Wildman–Crippen MR) is 132 cm³/mol. The minimum atomic E-state index is -0.0938. The van der Waals surface area contributed by atoms with Crippen molar-refractivity contribution in [3.8, 4) is 5.75 Å². The highest BCUT2D eigenvalue weighted by atomic mass is 127. The second kappa shape index (κ2) is 14.1. The van der Waals surface area contributed by atoms with Crippen molar-refractivity contribution in [2.45, 2.75) is 33.2 Å². The number of piperidine rings is 1. The van der Waals surface area contributed by atoms with Gasteiger partial charge in [-0.3, -0.25) is 9.59 Å². The molecular weight excluding hydrogens is 511 g/mol. The van der Waals surface area contributed by atoms with E-state index < -0.39 is 0 Å². The lowest BCUT2D eigenvalue weighted by Gasteiger charge is -2.33. The highest BCUT2D eigenvalue weighted by Gasteiger charge is 2.27. The van der Waals surface area contributed by atoms with E-state index in [-0.39, 0.29) is 48.4 Å². The molecule has 0 aliphatic carbocycles. The summed E-state index contributed by atoms with van der Waals surface area (Å²) in [5.41, 5.74) is 1.00. The summed E-state index contributed by atoms with van der Waals surface area (Å²) in [6, 6.07) is 7.63. The van der Waals surface area contributed by atoms with E-state index >= 15 is 0 Å². The van der Waals surface area contributed by atoms with E-state index in [0.717, 1.165) is 44.0 Å². The molecular formula is C22H35IN4O4. The number of guanidine groups is 1. The molecule has 0 saturated carbocycles. The Morgan fingerprint density at radius 3 is 2.55 bits per heavy atom. The third kappa shape index (κ3) is 8.92. The molecule has 8 nitrogen and oxygen atoms in total. The number of likely N-dealkylation sites (N-methyl/N-ethyl adjacent to an activating group) is 1. The number of amides is 1. The van der Waals surface area contributed by atoms with Crippen molar-refractivity contribution in [1.82, 2.24) is 15.1 Å². The summed E-state index contributed by atoms with van der Waals surface area (Å²) in [5.74, 6) is 1.29. The van der Waals surface area contributed by atoms with E-state index in [1.165, 1.54) is 4.90 Å². The lowest BCUT2D eigenvalue weighted by atomic mass is 9.97. The molecule has 174 valence electrons. The third-order valence-electron chi connectivity index (χ3n) is 4.92. The molecule has 0 radical (unpaired) electrons. The fourth-order valence-corrected chi connectivity index (χ4v) is 3.19. The fraction of sp³-hybridized carbons (Fsp3) is 0.591. The standard InChI is InChI=1S/C22H34N4O4.HI/c1-5-23-22(26-12-10-18(11-13-26)21(28)29-6-2)24-15-17-8-7-9-19(14-17)30-16-20(27)25(3)4;/h7-9,14,18H,5-6,10-13,15-16H2,1-4H3,(H,23,24);1H. The Morgan fingerprint density at radius 1 is 1.23 bits per heavy atom. The van der Waals surface area contributed by atoms with Crippen molar-refractivity contribution in [2.24, 2.45) is 10.9 Å². The number of hydrogen-bond acceptors (Lipinski definition) is 5. The molecule has 1 aromatic carbocycles. The van der Waals surface area contributed by atoms with Gasteiger partial charge in [0.15, 0.2) is 12.6 Å². The lowest BCUT2D eigenvalue weighted by molar-refractivity contribution is -0.149. The summed E-state index contributed by atoms with van der Waals surface area (Å²) in [6.07, 6.45) is 1.54. The molecule has 31 heavy (non-hydrogen) atoms. The van der Waals surface area contributed by atoms with Crippen molar-refractivity contribution < 1.29 is 19.1 Å². The van der Waals surface area contributed by atoms with Crippen LogP contribution >= 0.6 is 24.0 Å². The van der Waals surface area contributed by atoms with Crippen molar-refractivity contribution in [3.05, 3.63) is 29.8 Å². The predicted octanol–water partition coefficient (Wildman–Crippen LogP) is 2.51. The molecule has 1 fully saturated rings.